The van der Waals surface area contributed by atoms with Crippen molar-refractivity contribution in [2.75, 3.05) is 19.0 Å². The number of amides is 2. The lowest BCUT2D eigenvalue weighted by Crippen LogP contribution is -2.35. The fraction of sp³-hybridized carbons (Fsp3) is 0.200. The number of nitrogens with zero attached hydrogens (tertiary/aromatic N) is 4. The van der Waals surface area contributed by atoms with E-state index in [0.29, 0.717) is 29.6 Å². The number of thioether (sulfide) groups is 1. The molecule has 3 aromatic rings. The first-order valence-corrected chi connectivity index (χ1v) is 12.0. The Kier molecular flexibility index (Phi) is 7.91. The molecule has 2 amide bonds. The number of nitro groups is 1. The fourth-order valence-corrected chi connectivity index (χ4v) is 4.76. The van der Waals surface area contributed by atoms with Crippen molar-refractivity contribution < 1.29 is 19.2 Å². The SMILES string of the molecule is COc1ccc(NC(=O)C[C@H]2SC(=Nc3ccccc3)N(CCc3ccccn3)C2=O)c([N+](=O)[O-])c1. The van der Waals surface area contributed by atoms with Crippen molar-refractivity contribution in [3.63, 3.8) is 0 Å². The van der Waals surface area contributed by atoms with E-state index in [4.69, 9.17) is 4.74 Å². The second-order valence-electron chi connectivity index (χ2n) is 7.79. The Bertz CT molecular complexity index is 1290. The maximum absolute atomic E-state index is 13.3. The summed E-state index contributed by atoms with van der Waals surface area (Å²) in [6.45, 7) is 0.358. The number of rotatable bonds is 9. The molecule has 36 heavy (non-hydrogen) atoms. The monoisotopic (exact) mass is 505 g/mol. The maximum Gasteiger partial charge on any atom is 0.296 e. The highest BCUT2D eigenvalue weighted by Gasteiger charge is 2.39. The molecule has 184 valence electrons. The Morgan fingerprint density at radius 1 is 1.19 bits per heavy atom. The van der Waals surface area contributed by atoms with Gasteiger partial charge < -0.3 is 10.1 Å². The third kappa shape index (κ3) is 6.05. The number of methoxy groups -OCH3 is 1. The molecule has 10 nitrogen and oxygen atoms in total. The maximum atomic E-state index is 13.3. The molecule has 0 radical (unpaired) electrons. The van der Waals surface area contributed by atoms with Crippen LogP contribution >= 0.6 is 11.8 Å². The number of nitro benzene ring substituents is 1. The van der Waals surface area contributed by atoms with Gasteiger partial charge in [-0.1, -0.05) is 36.0 Å². The first-order valence-electron chi connectivity index (χ1n) is 11.1. The lowest BCUT2D eigenvalue weighted by Gasteiger charge is -2.16. The van der Waals surface area contributed by atoms with Gasteiger partial charge in [-0.3, -0.25) is 29.6 Å². The van der Waals surface area contributed by atoms with Gasteiger partial charge >= 0.3 is 0 Å². The standard InChI is InChI=1S/C25H23N5O5S/c1-35-19-10-11-20(21(15-19)30(33)34)28-23(31)16-22-24(32)29(14-12-17-7-5-6-13-26-17)25(36-22)27-18-8-3-2-4-9-18/h2-11,13,15,22H,12,14,16H2,1H3,(H,28,31)/t22-/m1/s1. The zero-order valence-corrected chi connectivity index (χ0v) is 20.2. The minimum atomic E-state index is -0.714. The number of aromatic nitrogens is 1. The highest BCUT2D eigenvalue weighted by Crippen LogP contribution is 2.33. The number of hydrogen-bond acceptors (Lipinski definition) is 8. The van der Waals surface area contributed by atoms with E-state index in [-0.39, 0.29) is 23.7 Å². The Morgan fingerprint density at radius 3 is 2.67 bits per heavy atom. The molecular formula is C25H23N5O5S. The summed E-state index contributed by atoms with van der Waals surface area (Å²) in [5.41, 5.74) is 1.26. The smallest absolute Gasteiger partial charge is 0.296 e. The molecule has 11 heteroatoms. The number of anilines is 1. The Morgan fingerprint density at radius 2 is 1.97 bits per heavy atom. The van der Waals surface area contributed by atoms with Crippen molar-refractivity contribution in [3.05, 3.63) is 88.7 Å². The number of aliphatic imine (C=N–C) groups is 1. The molecule has 0 bridgehead atoms. The van der Waals surface area contributed by atoms with Crippen molar-refractivity contribution in [3.8, 4) is 5.75 Å². The van der Waals surface area contributed by atoms with Crippen LogP contribution in [-0.4, -0.2) is 50.7 Å². The summed E-state index contributed by atoms with van der Waals surface area (Å²) in [7, 11) is 1.40. The summed E-state index contributed by atoms with van der Waals surface area (Å²) >= 11 is 1.20. The van der Waals surface area contributed by atoms with Crippen LogP contribution in [0.5, 0.6) is 5.75 Å². The predicted molar refractivity (Wildman–Crippen MR) is 137 cm³/mol. The van der Waals surface area contributed by atoms with Crippen LogP contribution in [0.25, 0.3) is 0 Å². The van der Waals surface area contributed by atoms with E-state index >= 15 is 0 Å². The van der Waals surface area contributed by atoms with Gasteiger partial charge in [0.25, 0.3) is 5.69 Å². The normalized spacial score (nSPS) is 16.2. The number of ether oxygens (including phenoxy) is 1. The molecule has 2 heterocycles. The number of carbonyl (C=O) groups excluding carboxylic acids is 2. The van der Waals surface area contributed by atoms with Crippen LogP contribution in [0.1, 0.15) is 12.1 Å². The minimum Gasteiger partial charge on any atom is -0.496 e. The van der Waals surface area contributed by atoms with Crippen molar-refractivity contribution in [2.24, 2.45) is 4.99 Å². The second-order valence-corrected chi connectivity index (χ2v) is 8.96. The van der Waals surface area contributed by atoms with Crippen LogP contribution < -0.4 is 10.1 Å². The average molecular weight is 506 g/mol. The molecular weight excluding hydrogens is 482 g/mol. The van der Waals surface area contributed by atoms with Crippen LogP contribution in [0.15, 0.2) is 77.9 Å². The van der Waals surface area contributed by atoms with Crippen LogP contribution in [0.3, 0.4) is 0 Å². The number of amidine groups is 1. The molecule has 1 aliphatic heterocycles. The molecule has 4 rings (SSSR count). The summed E-state index contributed by atoms with van der Waals surface area (Å²) < 4.78 is 5.03. The first kappa shape index (κ1) is 24.9. The van der Waals surface area contributed by atoms with Crippen molar-refractivity contribution in [1.29, 1.82) is 0 Å². The average Bonchev–Trinajstić information content (AvgIpc) is 3.17. The highest BCUT2D eigenvalue weighted by molar-refractivity contribution is 8.15. The van der Waals surface area contributed by atoms with Gasteiger partial charge in [0.05, 0.1) is 23.8 Å². The first-order chi connectivity index (χ1) is 17.4. The van der Waals surface area contributed by atoms with Crippen molar-refractivity contribution in [2.45, 2.75) is 18.1 Å². The summed E-state index contributed by atoms with van der Waals surface area (Å²) in [4.78, 5) is 47.4. The largest absolute Gasteiger partial charge is 0.496 e. The summed E-state index contributed by atoms with van der Waals surface area (Å²) in [6.07, 6.45) is 2.05. The predicted octanol–water partition coefficient (Wildman–Crippen LogP) is 4.20. The zero-order chi connectivity index (χ0) is 25.5. The van der Waals surface area contributed by atoms with Gasteiger partial charge in [0, 0.05) is 31.3 Å². The Labute approximate surface area is 211 Å². The van der Waals surface area contributed by atoms with Gasteiger partial charge in [-0.15, -0.1) is 0 Å². The summed E-state index contributed by atoms with van der Waals surface area (Å²) in [5, 5.41) is 13.8. The number of hydrogen-bond donors (Lipinski definition) is 1. The highest BCUT2D eigenvalue weighted by atomic mass is 32.2. The van der Waals surface area contributed by atoms with E-state index in [9.17, 15) is 19.7 Å². The molecule has 1 aliphatic rings. The quantitative estimate of drug-likeness (QED) is 0.341. The van der Waals surface area contributed by atoms with Gasteiger partial charge in [-0.25, -0.2) is 4.99 Å². The molecule has 0 aliphatic carbocycles. The van der Waals surface area contributed by atoms with E-state index in [1.807, 2.05) is 48.5 Å². The molecule has 2 aromatic carbocycles. The molecule has 1 N–H and O–H groups in total. The number of pyridine rings is 1. The third-order valence-electron chi connectivity index (χ3n) is 5.37. The summed E-state index contributed by atoms with van der Waals surface area (Å²) in [6, 6.07) is 19.0. The molecule has 0 saturated carbocycles. The van der Waals surface area contributed by atoms with E-state index in [0.717, 1.165) is 5.69 Å². The number of carbonyl (C=O) groups is 2. The lowest BCUT2D eigenvalue weighted by molar-refractivity contribution is -0.384. The number of para-hydroxylation sites is 1. The molecule has 1 fully saturated rings. The van der Waals surface area contributed by atoms with Gasteiger partial charge in [0.15, 0.2) is 5.17 Å². The Hall–Kier alpha value is -4.25. The number of benzene rings is 2. The van der Waals surface area contributed by atoms with E-state index in [1.54, 1.807) is 11.1 Å². The topological polar surface area (TPSA) is 127 Å². The van der Waals surface area contributed by atoms with Crippen molar-refractivity contribution >= 4 is 45.8 Å². The lowest BCUT2D eigenvalue weighted by atomic mass is 10.2. The molecule has 0 spiro atoms. The van der Waals surface area contributed by atoms with Crippen LogP contribution in [0.2, 0.25) is 0 Å². The van der Waals surface area contributed by atoms with Gasteiger partial charge in [-0.05, 0) is 36.4 Å². The second kappa shape index (κ2) is 11.5. The van der Waals surface area contributed by atoms with Crippen LogP contribution in [0, 0.1) is 10.1 Å². The molecule has 1 atom stereocenters. The van der Waals surface area contributed by atoms with Crippen molar-refractivity contribution in [1.82, 2.24) is 9.88 Å². The fourth-order valence-electron chi connectivity index (χ4n) is 3.58. The molecule has 1 aromatic heterocycles. The van der Waals surface area contributed by atoms with Crippen LogP contribution in [-0.2, 0) is 16.0 Å². The van der Waals surface area contributed by atoms with Gasteiger partial charge in [-0.2, -0.15) is 0 Å². The number of nitrogens with one attached hydrogen (secondary N) is 1. The Balaban J connectivity index is 1.50. The molecule has 0 unspecified atom stereocenters. The summed E-state index contributed by atoms with van der Waals surface area (Å²) in [5.74, 6) is -0.462. The van der Waals surface area contributed by atoms with E-state index in [1.165, 1.54) is 37.1 Å². The van der Waals surface area contributed by atoms with E-state index < -0.39 is 16.1 Å². The van der Waals surface area contributed by atoms with Gasteiger partial charge in [0.1, 0.15) is 16.7 Å². The van der Waals surface area contributed by atoms with E-state index in [2.05, 4.69) is 15.3 Å². The molecule has 1 saturated heterocycles. The third-order valence-corrected chi connectivity index (χ3v) is 6.54. The minimum absolute atomic E-state index is 0.0337. The zero-order valence-electron chi connectivity index (χ0n) is 19.4. The van der Waals surface area contributed by atoms with Gasteiger partial charge in [0.2, 0.25) is 11.8 Å². The van der Waals surface area contributed by atoms with Crippen LogP contribution in [0.4, 0.5) is 17.1 Å².